The summed E-state index contributed by atoms with van der Waals surface area (Å²) in [6.45, 7) is 2.09. The van der Waals surface area contributed by atoms with Gasteiger partial charge >= 0.3 is 5.97 Å². The van der Waals surface area contributed by atoms with Crippen molar-refractivity contribution >= 4 is 11.9 Å². The molecule has 1 atom stereocenters. The van der Waals surface area contributed by atoms with Crippen LogP contribution in [0.2, 0.25) is 0 Å². The number of carboxylic acid groups (broad SMARTS) is 1. The summed E-state index contributed by atoms with van der Waals surface area (Å²) < 4.78 is 6.45. The van der Waals surface area contributed by atoms with E-state index >= 15 is 0 Å². The van der Waals surface area contributed by atoms with Crippen molar-refractivity contribution in [3.63, 3.8) is 0 Å². The van der Waals surface area contributed by atoms with E-state index < -0.39 is 17.9 Å². The Morgan fingerprint density at radius 2 is 2.22 bits per heavy atom. The Hall–Kier alpha value is -2.74. The number of amides is 1. The second-order valence-electron chi connectivity index (χ2n) is 4.99. The van der Waals surface area contributed by atoms with Gasteiger partial charge in [-0.2, -0.15) is 5.10 Å². The third-order valence-corrected chi connectivity index (χ3v) is 3.34. The van der Waals surface area contributed by atoms with Crippen molar-refractivity contribution in [1.29, 1.82) is 0 Å². The standard InChI is InChI=1S/C15H18N4O4/c1-10-7-11(3-4-13(10)19-9-16-8-17-19)14(20)18-12(15(21)22)5-6-23-2/h3-4,7-9,12H,5-6H2,1-2H3,(H,18,20)(H,21,22). The molecule has 0 spiro atoms. The van der Waals surface area contributed by atoms with Crippen LogP contribution in [0.3, 0.4) is 0 Å². The Balaban J connectivity index is 2.13. The van der Waals surface area contributed by atoms with Crippen molar-refractivity contribution in [2.24, 2.45) is 0 Å². The van der Waals surface area contributed by atoms with Crippen molar-refractivity contribution < 1.29 is 19.4 Å². The molecule has 23 heavy (non-hydrogen) atoms. The van der Waals surface area contributed by atoms with Gasteiger partial charge < -0.3 is 15.2 Å². The van der Waals surface area contributed by atoms with E-state index in [0.717, 1.165) is 11.3 Å². The van der Waals surface area contributed by atoms with Crippen LogP contribution < -0.4 is 5.32 Å². The van der Waals surface area contributed by atoms with Crippen LogP contribution in [0.4, 0.5) is 0 Å². The lowest BCUT2D eigenvalue weighted by Crippen LogP contribution is -2.41. The van der Waals surface area contributed by atoms with Crippen molar-refractivity contribution in [1.82, 2.24) is 20.1 Å². The SMILES string of the molecule is COCCC(NC(=O)c1ccc(-n2cncn2)c(C)c1)C(=O)O. The van der Waals surface area contributed by atoms with E-state index in [1.54, 1.807) is 29.2 Å². The third kappa shape index (κ3) is 4.13. The number of hydrogen-bond acceptors (Lipinski definition) is 5. The second-order valence-corrected chi connectivity index (χ2v) is 4.99. The molecule has 1 unspecified atom stereocenters. The molecule has 1 amide bonds. The predicted octanol–water partition coefficient (Wildman–Crippen LogP) is 0.795. The molecule has 0 bridgehead atoms. The maximum absolute atomic E-state index is 12.2. The van der Waals surface area contributed by atoms with Gasteiger partial charge in [-0.1, -0.05) is 0 Å². The number of aliphatic carboxylic acids is 1. The van der Waals surface area contributed by atoms with Gasteiger partial charge in [-0.05, 0) is 30.7 Å². The first kappa shape index (κ1) is 16.6. The van der Waals surface area contributed by atoms with Gasteiger partial charge in [-0.15, -0.1) is 0 Å². The predicted molar refractivity (Wildman–Crippen MR) is 81.5 cm³/mol. The van der Waals surface area contributed by atoms with E-state index in [2.05, 4.69) is 15.4 Å². The van der Waals surface area contributed by atoms with E-state index in [-0.39, 0.29) is 13.0 Å². The minimum atomic E-state index is -1.09. The minimum absolute atomic E-state index is 0.202. The summed E-state index contributed by atoms with van der Waals surface area (Å²) in [6.07, 6.45) is 3.19. The highest BCUT2D eigenvalue weighted by Crippen LogP contribution is 2.15. The molecule has 1 heterocycles. The molecule has 8 nitrogen and oxygen atoms in total. The molecule has 8 heteroatoms. The molecule has 0 fully saturated rings. The molecule has 122 valence electrons. The fourth-order valence-corrected chi connectivity index (χ4v) is 2.12. The van der Waals surface area contributed by atoms with Crippen molar-refractivity contribution in [3.05, 3.63) is 42.0 Å². The quantitative estimate of drug-likeness (QED) is 0.782. The van der Waals surface area contributed by atoms with Gasteiger partial charge in [0.05, 0.1) is 5.69 Å². The van der Waals surface area contributed by atoms with Crippen LogP contribution in [0.1, 0.15) is 22.3 Å². The van der Waals surface area contributed by atoms with E-state index in [1.807, 2.05) is 6.92 Å². The molecule has 1 aromatic carbocycles. The highest BCUT2D eigenvalue weighted by molar-refractivity contribution is 5.97. The lowest BCUT2D eigenvalue weighted by atomic mass is 10.1. The molecular formula is C15H18N4O4. The van der Waals surface area contributed by atoms with Crippen LogP contribution in [0.5, 0.6) is 0 Å². The van der Waals surface area contributed by atoms with E-state index in [1.165, 1.54) is 13.4 Å². The molecule has 0 saturated heterocycles. The Bertz CT molecular complexity index is 685. The van der Waals surface area contributed by atoms with E-state index in [9.17, 15) is 9.59 Å². The third-order valence-electron chi connectivity index (χ3n) is 3.34. The lowest BCUT2D eigenvalue weighted by molar-refractivity contribution is -0.139. The van der Waals surface area contributed by atoms with Crippen LogP contribution in [-0.4, -0.2) is 51.5 Å². The monoisotopic (exact) mass is 318 g/mol. The zero-order valence-electron chi connectivity index (χ0n) is 12.9. The number of aryl methyl sites for hydroxylation is 1. The summed E-state index contributed by atoms with van der Waals surface area (Å²) in [5.74, 6) is -1.53. The van der Waals surface area contributed by atoms with Gasteiger partial charge in [0.15, 0.2) is 0 Å². The molecular weight excluding hydrogens is 300 g/mol. The fraction of sp³-hybridized carbons (Fsp3) is 0.333. The smallest absolute Gasteiger partial charge is 0.326 e. The number of nitrogens with zero attached hydrogens (tertiary/aromatic N) is 3. The normalized spacial score (nSPS) is 11.9. The van der Waals surface area contributed by atoms with Crippen LogP contribution in [0.25, 0.3) is 5.69 Å². The number of hydrogen-bond donors (Lipinski definition) is 2. The Labute approximate surface area is 133 Å². The summed E-state index contributed by atoms with van der Waals surface area (Å²) in [7, 11) is 1.48. The maximum atomic E-state index is 12.2. The highest BCUT2D eigenvalue weighted by atomic mass is 16.5. The van der Waals surface area contributed by atoms with E-state index in [4.69, 9.17) is 9.84 Å². The number of aromatic nitrogens is 3. The van der Waals surface area contributed by atoms with Crippen molar-refractivity contribution in [2.45, 2.75) is 19.4 Å². The Morgan fingerprint density at radius 1 is 1.43 bits per heavy atom. The topological polar surface area (TPSA) is 106 Å². The molecule has 1 aromatic heterocycles. The van der Waals surface area contributed by atoms with Gasteiger partial charge in [0.25, 0.3) is 5.91 Å². The van der Waals surface area contributed by atoms with Crippen LogP contribution in [0, 0.1) is 6.92 Å². The number of carboxylic acids is 1. The summed E-state index contributed by atoms with van der Waals surface area (Å²) in [5.41, 5.74) is 2.01. The summed E-state index contributed by atoms with van der Waals surface area (Å²) in [4.78, 5) is 27.3. The van der Waals surface area contributed by atoms with Gasteiger partial charge in [0.1, 0.15) is 18.7 Å². The van der Waals surface area contributed by atoms with Gasteiger partial charge in [0, 0.05) is 25.7 Å². The first-order valence-corrected chi connectivity index (χ1v) is 7.01. The first-order chi connectivity index (χ1) is 11.0. The fourth-order valence-electron chi connectivity index (χ4n) is 2.12. The number of nitrogens with one attached hydrogen (secondary N) is 1. The van der Waals surface area contributed by atoms with Gasteiger partial charge in [-0.25, -0.2) is 14.5 Å². The average molecular weight is 318 g/mol. The largest absolute Gasteiger partial charge is 0.480 e. The summed E-state index contributed by atoms with van der Waals surface area (Å²) in [6, 6.07) is 4.05. The lowest BCUT2D eigenvalue weighted by Gasteiger charge is -2.15. The zero-order chi connectivity index (χ0) is 16.8. The van der Waals surface area contributed by atoms with Crippen LogP contribution in [-0.2, 0) is 9.53 Å². The second kappa shape index (κ2) is 7.50. The number of rotatable bonds is 7. The summed E-state index contributed by atoms with van der Waals surface area (Å²) >= 11 is 0. The molecule has 2 rings (SSSR count). The van der Waals surface area contributed by atoms with Gasteiger partial charge in [-0.3, -0.25) is 4.79 Å². The highest BCUT2D eigenvalue weighted by Gasteiger charge is 2.20. The van der Waals surface area contributed by atoms with E-state index in [0.29, 0.717) is 5.56 Å². The van der Waals surface area contributed by atoms with Gasteiger partial charge in [0.2, 0.25) is 0 Å². The number of carbonyl (C=O) groups excluding carboxylic acids is 1. The zero-order valence-corrected chi connectivity index (χ0v) is 12.9. The van der Waals surface area contributed by atoms with Crippen LogP contribution >= 0.6 is 0 Å². The molecule has 0 aliphatic carbocycles. The minimum Gasteiger partial charge on any atom is -0.480 e. The Morgan fingerprint density at radius 3 is 2.78 bits per heavy atom. The van der Waals surface area contributed by atoms with Crippen molar-refractivity contribution in [3.8, 4) is 5.69 Å². The molecule has 2 aromatic rings. The van der Waals surface area contributed by atoms with Crippen LogP contribution in [0.15, 0.2) is 30.9 Å². The average Bonchev–Trinajstić information content (AvgIpc) is 3.04. The Kier molecular flexibility index (Phi) is 5.42. The maximum Gasteiger partial charge on any atom is 0.326 e. The molecule has 0 aliphatic rings. The molecule has 2 N–H and O–H groups in total. The number of ether oxygens (including phenoxy) is 1. The van der Waals surface area contributed by atoms with Crippen molar-refractivity contribution in [2.75, 3.05) is 13.7 Å². The number of methoxy groups -OCH3 is 1. The molecule has 0 saturated carbocycles. The first-order valence-electron chi connectivity index (χ1n) is 7.01. The number of carbonyl (C=O) groups is 2. The molecule has 0 radical (unpaired) electrons. The number of benzene rings is 1. The molecule has 0 aliphatic heterocycles. The summed E-state index contributed by atoms with van der Waals surface area (Å²) in [5, 5.41) is 15.7.